The van der Waals surface area contributed by atoms with E-state index in [4.69, 9.17) is 14.8 Å². The number of hydrogen-bond acceptors (Lipinski definition) is 4. The summed E-state index contributed by atoms with van der Waals surface area (Å²) in [5.74, 6) is -1.39. The molecule has 0 aliphatic carbocycles. The Hall–Kier alpha value is -2.81. The second-order valence-electron chi connectivity index (χ2n) is 3.73. The lowest BCUT2D eigenvalue weighted by Crippen LogP contribution is -2.04. The number of nitriles is 1. The lowest BCUT2D eigenvalue weighted by Gasteiger charge is -2.06. The Kier molecular flexibility index (Phi) is 3.48. The van der Waals surface area contributed by atoms with E-state index in [0.717, 1.165) is 6.07 Å². The molecule has 0 aliphatic rings. The van der Waals surface area contributed by atoms with Crippen molar-refractivity contribution < 1.29 is 18.7 Å². The minimum Gasteiger partial charge on any atom is -0.478 e. The Morgan fingerprint density at radius 2 is 2.21 bits per heavy atom. The number of carboxylic acids is 1. The highest BCUT2D eigenvalue weighted by Gasteiger charge is 2.10. The molecule has 0 radical (unpaired) electrons. The lowest BCUT2D eigenvalue weighted by atomic mass is 10.2. The minimum atomic E-state index is -1.33. The maximum absolute atomic E-state index is 13.2. The van der Waals surface area contributed by atoms with Crippen molar-refractivity contribution in [3.8, 4) is 6.07 Å². The summed E-state index contributed by atoms with van der Waals surface area (Å²) in [4.78, 5) is 10.8. The van der Waals surface area contributed by atoms with Gasteiger partial charge in [0.05, 0.1) is 12.1 Å². The van der Waals surface area contributed by atoms with Gasteiger partial charge in [0.1, 0.15) is 17.6 Å². The number of carboxylic acid groups (broad SMARTS) is 1. The Bertz CT molecular complexity index is 658. The molecule has 1 heterocycles. The maximum atomic E-state index is 13.2. The summed E-state index contributed by atoms with van der Waals surface area (Å²) in [5, 5.41) is 20.3. The predicted molar refractivity (Wildman–Crippen MR) is 64.1 cm³/mol. The van der Waals surface area contributed by atoms with Crippen molar-refractivity contribution in [2.45, 2.75) is 6.54 Å². The Morgan fingerprint density at radius 3 is 2.84 bits per heavy atom. The summed E-state index contributed by atoms with van der Waals surface area (Å²) < 4.78 is 18.3. The van der Waals surface area contributed by atoms with Crippen molar-refractivity contribution >= 4 is 11.7 Å². The van der Waals surface area contributed by atoms with E-state index in [1.54, 1.807) is 6.07 Å². The van der Waals surface area contributed by atoms with Gasteiger partial charge in [-0.25, -0.2) is 9.18 Å². The highest BCUT2D eigenvalue weighted by molar-refractivity contribution is 5.89. The molecule has 5 nitrogen and oxygen atoms in total. The number of aromatic carboxylic acids is 1. The lowest BCUT2D eigenvalue weighted by molar-refractivity contribution is 0.0692. The number of benzene rings is 1. The highest BCUT2D eigenvalue weighted by Crippen LogP contribution is 2.16. The molecule has 0 fully saturated rings. The van der Waals surface area contributed by atoms with Crippen LogP contribution in [0.2, 0.25) is 0 Å². The van der Waals surface area contributed by atoms with E-state index in [1.165, 1.54) is 18.2 Å². The molecule has 2 rings (SSSR count). The second-order valence-corrected chi connectivity index (χ2v) is 3.73. The number of hydrogen-bond donors (Lipinski definition) is 2. The Labute approximate surface area is 107 Å². The molecular weight excluding hydrogens is 251 g/mol. The number of anilines is 1. The van der Waals surface area contributed by atoms with Crippen LogP contribution in [0.4, 0.5) is 10.1 Å². The second kappa shape index (κ2) is 5.23. The van der Waals surface area contributed by atoms with E-state index in [9.17, 15) is 9.18 Å². The van der Waals surface area contributed by atoms with Gasteiger partial charge in [-0.05, 0) is 30.3 Å². The van der Waals surface area contributed by atoms with Crippen LogP contribution in [0.1, 0.15) is 21.9 Å². The number of halogens is 1. The number of furan rings is 1. The van der Waals surface area contributed by atoms with Crippen molar-refractivity contribution in [1.29, 1.82) is 5.26 Å². The quantitative estimate of drug-likeness (QED) is 0.882. The first-order valence-electron chi connectivity index (χ1n) is 5.35. The molecule has 6 heteroatoms. The third kappa shape index (κ3) is 2.90. The largest absolute Gasteiger partial charge is 0.478 e. The summed E-state index contributed by atoms with van der Waals surface area (Å²) in [6, 6.07) is 8.72. The van der Waals surface area contributed by atoms with Gasteiger partial charge >= 0.3 is 5.97 Å². The van der Waals surface area contributed by atoms with Crippen molar-refractivity contribution in [2.24, 2.45) is 0 Å². The SMILES string of the molecule is N#Cc1ccc(CNc2ccc(F)c(C(=O)O)c2)o1. The Balaban J connectivity index is 2.09. The van der Waals surface area contributed by atoms with Gasteiger partial charge in [-0.3, -0.25) is 0 Å². The summed E-state index contributed by atoms with van der Waals surface area (Å²) >= 11 is 0. The van der Waals surface area contributed by atoms with Gasteiger partial charge in [0.15, 0.2) is 0 Å². The topological polar surface area (TPSA) is 86.3 Å². The van der Waals surface area contributed by atoms with Crippen LogP contribution in [0.5, 0.6) is 0 Å². The third-order valence-electron chi connectivity index (χ3n) is 2.44. The normalized spacial score (nSPS) is 9.89. The number of nitrogens with one attached hydrogen (secondary N) is 1. The van der Waals surface area contributed by atoms with Crippen molar-refractivity contribution in [3.63, 3.8) is 0 Å². The number of carbonyl (C=O) groups is 1. The summed E-state index contributed by atoms with van der Waals surface area (Å²) in [7, 11) is 0. The first-order valence-corrected chi connectivity index (χ1v) is 5.35. The van der Waals surface area contributed by atoms with Crippen LogP contribution in [-0.4, -0.2) is 11.1 Å². The number of nitrogens with zero attached hydrogens (tertiary/aromatic N) is 1. The fourth-order valence-electron chi connectivity index (χ4n) is 1.52. The molecule has 0 saturated heterocycles. The summed E-state index contributed by atoms with van der Waals surface area (Å²) in [6.07, 6.45) is 0. The molecule has 0 unspecified atom stereocenters. The first-order chi connectivity index (χ1) is 9.10. The van der Waals surface area contributed by atoms with Crippen LogP contribution in [0.15, 0.2) is 34.7 Å². The number of rotatable bonds is 4. The molecule has 0 saturated carbocycles. The fourth-order valence-corrected chi connectivity index (χ4v) is 1.52. The van der Waals surface area contributed by atoms with Gasteiger partial charge in [-0.2, -0.15) is 5.26 Å². The average molecular weight is 260 g/mol. The fraction of sp³-hybridized carbons (Fsp3) is 0.0769. The molecule has 1 aromatic heterocycles. The molecule has 0 spiro atoms. The highest BCUT2D eigenvalue weighted by atomic mass is 19.1. The molecule has 96 valence electrons. The van der Waals surface area contributed by atoms with E-state index in [0.29, 0.717) is 11.4 Å². The van der Waals surface area contributed by atoms with Gasteiger partial charge in [0.2, 0.25) is 5.76 Å². The molecule has 2 aromatic rings. The van der Waals surface area contributed by atoms with Crippen molar-refractivity contribution in [1.82, 2.24) is 0 Å². The molecule has 0 atom stereocenters. The smallest absolute Gasteiger partial charge is 0.338 e. The summed E-state index contributed by atoms with van der Waals surface area (Å²) in [6.45, 7) is 0.270. The molecule has 19 heavy (non-hydrogen) atoms. The van der Waals surface area contributed by atoms with Crippen molar-refractivity contribution in [3.05, 3.63) is 53.2 Å². The van der Waals surface area contributed by atoms with E-state index >= 15 is 0 Å². The van der Waals surface area contributed by atoms with Crippen LogP contribution < -0.4 is 5.32 Å². The molecule has 1 aromatic carbocycles. The third-order valence-corrected chi connectivity index (χ3v) is 2.44. The van der Waals surface area contributed by atoms with Crippen LogP contribution in [-0.2, 0) is 6.54 Å². The zero-order valence-electron chi connectivity index (χ0n) is 9.68. The molecule has 0 bridgehead atoms. The van der Waals surface area contributed by atoms with Crippen LogP contribution in [0.3, 0.4) is 0 Å². The zero-order valence-corrected chi connectivity index (χ0v) is 9.68. The van der Waals surface area contributed by atoms with E-state index in [1.807, 2.05) is 6.07 Å². The van der Waals surface area contributed by atoms with E-state index in [-0.39, 0.29) is 12.3 Å². The van der Waals surface area contributed by atoms with Gasteiger partial charge in [-0.1, -0.05) is 0 Å². The first kappa shape index (κ1) is 12.6. The van der Waals surface area contributed by atoms with Crippen LogP contribution >= 0.6 is 0 Å². The van der Waals surface area contributed by atoms with E-state index in [2.05, 4.69) is 5.32 Å². The monoisotopic (exact) mass is 260 g/mol. The zero-order chi connectivity index (χ0) is 13.8. The summed E-state index contributed by atoms with van der Waals surface area (Å²) in [5.41, 5.74) is 0.0517. The van der Waals surface area contributed by atoms with Gasteiger partial charge in [0, 0.05) is 5.69 Å². The van der Waals surface area contributed by atoms with Crippen LogP contribution in [0.25, 0.3) is 0 Å². The molecular formula is C13H9FN2O3. The van der Waals surface area contributed by atoms with E-state index < -0.39 is 17.3 Å². The van der Waals surface area contributed by atoms with Gasteiger partial charge in [-0.15, -0.1) is 0 Å². The predicted octanol–water partition coefficient (Wildman–Crippen LogP) is 2.60. The van der Waals surface area contributed by atoms with Gasteiger partial charge < -0.3 is 14.8 Å². The van der Waals surface area contributed by atoms with Gasteiger partial charge in [0.25, 0.3) is 0 Å². The Morgan fingerprint density at radius 1 is 1.42 bits per heavy atom. The molecule has 0 aliphatic heterocycles. The minimum absolute atomic E-state index is 0.196. The van der Waals surface area contributed by atoms with Crippen LogP contribution in [0, 0.1) is 17.1 Å². The maximum Gasteiger partial charge on any atom is 0.338 e. The van der Waals surface area contributed by atoms with Crippen molar-refractivity contribution in [2.75, 3.05) is 5.32 Å². The average Bonchev–Trinajstić information content (AvgIpc) is 2.85. The molecule has 2 N–H and O–H groups in total. The molecule has 0 amide bonds. The standard InChI is InChI=1S/C13H9FN2O3/c14-12-4-1-8(5-11(12)13(17)18)16-7-10-3-2-9(6-15)19-10/h1-5,16H,7H2,(H,17,18).